The molecular formula is C14H21N3O. The molecule has 0 aromatic heterocycles. The SMILES string of the molecule is CC(CCN)CN(C)c1ccc2c(c1)CC(=O)N2. The molecule has 3 N–H and O–H groups in total. The molecule has 1 aliphatic heterocycles. The molecule has 1 aliphatic rings. The second-order valence-electron chi connectivity index (χ2n) is 5.13. The fraction of sp³-hybridized carbons (Fsp3) is 0.500. The van der Waals surface area contributed by atoms with Crippen molar-refractivity contribution in [1.82, 2.24) is 0 Å². The first-order valence-electron chi connectivity index (χ1n) is 6.44. The zero-order valence-electron chi connectivity index (χ0n) is 11.1. The summed E-state index contributed by atoms with van der Waals surface area (Å²) in [5, 5.41) is 2.85. The molecule has 1 heterocycles. The molecular weight excluding hydrogens is 226 g/mol. The van der Waals surface area contributed by atoms with Crippen molar-refractivity contribution in [1.29, 1.82) is 0 Å². The van der Waals surface area contributed by atoms with Crippen molar-refractivity contribution in [3.05, 3.63) is 23.8 Å². The molecule has 1 aromatic carbocycles. The van der Waals surface area contributed by atoms with Gasteiger partial charge in [-0.05, 0) is 42.6 Å². The van der Waals surface area contributed by atoms with Crippen molar-refractivity contribution >= 4 is 17.3 Å². The van der Waals surface area contributed by atoms with Gasteiger partial charge in [-0.15, -0.1) is 0 Å². The van der Waals surface area contributed by atoms with Crippen LogP contribution in [0.3, 0.4) is 0 Å². The van der Waals surface area contributed by atoms with Crippen LogP contribution in [-0.2, 0) is 11.2 Å². The Morgan fingerprint density at radius 2 is 2.28 bits per heavy atom. The Morgan fingerprint density at radius 1 is 1.50 bits per heavy atom. The minimum absolute atomic E-state index is 0.0845. The van der Waals surface area contributed by atoms with E-state index in [-0.39, 0.29) is 5.91 Å². The quantitative estimate of drug-likeness (QED) is 0.831. The van der Waals surface area contributed by atoms with Gasteiger partial charge in [0.2, 0.25) is 5.91 Å². The van der Waals surface area contributed by atoms with E-state index in [1.165, 1.54) is 0 Å². The fourth-order valence-corrected chi connectivity index (χ4v) is 2.40. The molecule has 0 fully saturated rings. The van der Waals surface area contributed by atoms with Gasteiger partial charge in [0.1, 0.15) is 0 Å². The Bertz CT molecular complexity index is 445. The van der Waals surface area contributed by atoms with Crippen molar-refractivity contribution < 1.29 is 4.79 Å². The zero-order chi connectivity index (χ0) is 13.1. The highest BCUT2D eigenvalue weighted by molar-refractivity contribution is 5.99. The maximum Gasteiger partial charge on any atom is 0.228 e. The van der Waals surface area contributed by atoms with E-state index in [2.05, 4.69) is 36.3 Å². The highest BCUT2D eigenvalue weighted by Crippen LogP contribution is 2.27. The first-order chi connectivity index (χ1) is 8.60. The predicted molar refractivity (Wildman–Crippen MR) is 74.9 cm³/mol. The number of nitrogens with one attached hydrogen (secondary N) is 1. The third kappa shape index (κ3) is 2.82. The Morgan fingerprint density at radius 3 is 3.00 bits per heavy atom. The van der Waals surface area contributed by atoms with Crippen molar-refractivity contribution in [2.45, 2.75) is 19.8 Å². The highest BCUT2D eigenvalue weighted by Gasteiger charge is 2.18. The molecule has 0 saturated carbocycles. The van der Waals surface area contributed by atoms with Gasteiger partial charge in [-0.2, -0.15) is 0 Å². The summed E-state index contributed by atoms with van der Waals surface area (Å²) in [6.07, 6.45) is 1.53. The normalized spacial score (nSPS) is 15.2. The van der Waals surface area contributed by atoms with Crippen LogP contribution < -0.4 is 16.0 Å². The summed E-state index contributed by atoms with van der Waals surface area (Å²) in [6.45, 7) is 3.93. The molecule has 1 amide bonds. The van der Waals surface area contributed by atoms with Crippen LogP contribution in [0, 0.1) is 5.92 Å². The summed E-state index contributed by atoms with van der Waals surface area (Å²) in [6, 6.07) is 6.14. The number of hydrogen-bond acceptors (Lipinski definition) is 3. The largest absolute Gasteiger partial charge is 0.374 e. The standard InChI is InChI=1S/C14H21N3O/c1-10(5-6-15)9-17(2)12-3-4-13-11(7-12)8-14(18)16-13/h3-4,7,10H,5-6,8-9,15H2,1-2H3,(H,16,18). The van der Waals surface area contributed by atoms with E-state index in [4.69, 9.17) is 5.73 Å². The molecule has 1 aromatic rings. The Labute approximate surface area is 108 Å². The van der Waals surface area contributed by atoms with Crippen LogP contribution >= 0.6 is 0 Å². The van der Waals surface area contributed by atoms with E-state index in [9.17, 15) is 4.79 Å². The first-order valence-corrected chi connectivity index (χ1v) is 6.44. The van der Waals surface area contributed by atoms with Crippen molar-refractivity contribution in [2.75, 3.05) is 30.4 Å². The number of rotatable bonds is 5. The van der Waals surface area contributed by atoms with Gasteiger partial charge in [0.05, 0.1) is 6.42 Å². The molecule has 0 bridgehead atoms. The highest BCUT2D eigenvalue weighted by atomic mass is 16.1. The summed E-state index contributed by atoms with van der Waals surface area (Å²) < 4.78 is 0. The molecule has 1 atom stereocenters. The van der Waals surface area contributed by atoms with Crippen LogP contribution in [0.25, 0.3) is 0 Å². The number of amides is 1. The molecule has 0 radical (unpaired) electrons. The molecule has 1 unspecified atom stereocenters. The lowest BCUT2D eigenvalue weighted by Crippen LogP contribution is -2.25. The lowest BCUT2D eigenvalue weighted by Gasteiger charge is -2.23. The monoisotopic (exact) mass is 247 g/mol. The third-order valence-corrected chi connectivity index (χ3v) is 3.40. The van der Waals surface area contributed by atoms with E-state index < -0.39 is 0 Å². The molecule has 0 saturated heterocycles. The maximum atomic E-state index is 11.3. The van der Waals surface area contributed by atoms with Crippen molar-refractivity contribution in [3.63, 3.8) is 0 Å². The van der Waals surface area contributed by atoms with Gasteiger partial charge in [0.15, 0.2) is 0 Å². The van der Waals surface area contributed by atoms with E-state index in [0.717, 1.165) is 36.4 Å². The lowest BCUT2D eigenvalue weighted by molar-refractivity contribution is -0.115. The van der Waals surface area contributed by atoms with Gasteiger partial charge in [-0.1, -0.05) is 6.92 Å². The first kappa shape index (κ1) is 12.9. The molecule has 2 rings (SSSR count). The van der Waals surface area contributed by atoms with Crippen LogP contribution in [0.15, 0.2) is 18.2 Å². The van der Waals surface area contributed by atoms with E-state index >= 15 is 0 Å². The topological polar surface area (TPSA) is 58.4 Å². The molecule has 18 heavy (non-hydrogen) atoms. The number of carbonyl (C=O) groups is 1. The molecule has 98 valence electrons. The van der Waals surface area contributed by atoms with Crippen LogP contribution in [-0.4, -0.2) is 26.0 Å². The minimum atomic E-state index is 0.0845. The number of hydrogen-bond donors (Lipinski definition) is 2. The van der Waals surface area contributed by atoms with Crippen LogP contribution in [0.2, 0.25) is 0 Å². The van der Waals surface area contributed by atoms with Crippen LogP contribution in [0.4, 0.5) is 11.4 Å². The van der Waals surface area contributed by atoms with Gasteiger partial charge in [-0.3, -0.25) is 4.79 Å². The smallest absolute Gasteiger partial charge is 0.228 e. The summed E-state index contributed by atoms with van der Waals surface area (Å²) >= 11 is 0. The Balaban J connectivity index is 2.05. The molecule has 4 nitrogen and oxygen atoms in total. The summed E-state index contributed by atoms with van der Waals surface area (Å²) in [7, 11) is 2.08. The average molecular weight is 247 g/mol. The van der Waals surface area contributed by atoms with Gasteiger partial charge in [0.25, 0.3) is 0 Å². The number of nitrogens with two attached hydrogens (primary N) is 1. The minimum Gasteiger partial charge on any atom is -0.374 e. The number of benzene rings is 1. The maximum absolute atomic E-state index is 11.3. The van der Waals surface area contributed by atoms with Gasteiger partial charge < -0.3 is 16.0 Å². The van der Waals surface area contributed by atoms with Crippen LogP contribution in [0.5, 0.6) is 0 Å². The number of carbonyl (C=O) groups excluding carboxylic acids is 1. The molecule has 0 spiro atoms. The summed E-state index contributed by atoms with van der Waals surface area (Å²) in [5.41, 5.74) is 8.77. The van der Waals surface area contributed by atoms with E-state index in [0.29, 0.717) is 12.3 Å². The lowest BCUT2D eigenvalue weighted by atomic mass is 10.1. The number of fused-ring (bicyclic) bond motifs is 1. The summed E-state index contributed by atoms with van der Waals surface area (Å²) in [4.78, 5) is 13.5. The zero-order valence-corrected chi connectivity index (χ0v) is 11.1. The third-order valence-electron chi connectivity index (χ3n) is 3.40. The number of nitrogens with zero attached hydrogens (tertiary/aromatic N) is 1. The molecule has 0 aliphatic carbocycles. The summed E-state index contributed by atoms with van der Waals surface area (Å²) in [5.74, 6) is 0.661. The van der Waals surface area contributed by atoms with Crippen molar-refractivity contribution in [3.8, 4) is 0 Å². The van der Waals surface area contributed by atoms with Crippen LogP contribution in [0.1, 0.15) is 18.9 Å². The van der Waals surface area contributed by atoms with E-state index in [1.807, 2.05) is 6.07 Å². The second-order valence-corrected chi connectivity index (χ2v) is 5.13. The van der Waals surface area contributed by atoms with Gasteiger partial charge >= 0.3 is 0 Å². The number of anilines is 2. The van der Waals surface area contributed by atoms with Gasteiger partial charge in [-0.25, -0.2) is 0 Å². The Kier molecular flexibility index (Phi) is 3.87. The van der Waals surface area contributed by atoms with Gasteiger partial charge in [0, 0.05) is 25.0 Å². The second kappa shape index (κ2) is 5.40. The fourth-order valence-electron chi connectivity index (χ4n) is 2.40. The van der Waals surface area contributed by atoms with Crippen molar-refractivity contribution in [2.24, 2.45) is 11.7 Å². The van der Waals surface area contributed by atoms with E-state index in [1.54, 1.807) is 0 Å². The predicted octanol–water partition coefficient (Wildman–Crippen LogP) is 1.60. The Hall–Kier alpha value is -1.55. The molecule has 4 heteroatoms. The average Bonchev–Trinajstić information content (AvgIpc) is 2.68.